The molecule has 0 fully saturated rings. The van der Waals surface area contributed by atoms with E-state index < -0.39 is 0 Å². The van der Waals surface area contributed by atoms with E-state index in [0.29, 0.717) is 0 Å². The molecule has 0 atom stereocenters. The van der Waals surface area contributed by atoms with Crippen molar-refractivity contribution in [1.82, 2.24) is 4.98 Å². The Balaban J connectivity index is 0.000000146. The first kappa shape index (κ1) is 10.9. The fraction of sp³-hybridized carbons (Fsp3) is 0.0833. The van der Waals surface area contributed by atoms with Crippen LogP contribution in [0.3, 0.4) is 0 Å². The first-order chi connectivity index (χ1) is 6.93. The maximum atomic E-state index is 3.78. The van der Waals surface area contributed by atoms with Crippen molar-refractivity contribution in [2.75, 3.05) is 0 Å². The zero-order valence-electron chi connectivity index (χ0n) is 7.81. The van der Waals surface area contributed by atoms with Gasteiger partial charge >= 0.3 is 0 Å². The predicted octanol–water partition coefficient (Wildman–Crippen LogP) is 3.66. The molecule has 0 saturated carbocycles. The summed E-state index contributed by atoms with van der Waals surface area (Å²) in [4.78, 5) is 3.78. The minimum atomic E-state index is 0.952. The standard InChI is InChI=1S/C7H7Br.C5H5N/c8-6-7-4-2-1-3-5-7;1-2-4-6-5-3-1/h1-5H,6H2;1-5H. The zero-order valence-corrected chi connectivity index (χ0v) is 9.39. The number of nitrogens with zero attached hydrogens (tertiary/aromatic N) is 1. The van der Waals surface area contributed by atoms with Gasteiger partial charge in [0, 0.05) is 17.7 Å². The number of pyridine rings is 1. The number of rotatable bonds is 1. The van der Waals surface area contributed by atoms with Crippen molar-refractivity contribution < 1.29 is 0 Å². The third kappa shape index (κ3) is 4.77. The number of hydrogen-bond donors (Lipinski definition) is 0. The van der Waals surface area contributed by atoms with Crippen molar-refractivity contribution in [3.8, 4) is 0 Å². The second-order valence-electron chi connectivity index (χ2n) is 2.64. The lowest BCUT2D eigenvalue weighted by atomic mass is 10.2. The molecular weight excluding hydrogens is 238 g/mol. The van der Waals surface area contributed by atoms with Crippen LogP contribution in [0.2, 0.25) is 0 Å². The van der Waals surface area contributed by atoms with Gasteiger partial charge in [-0.05, 0) is 17.7 Å². The normalized spacial score (nSPS) is 8.64. The van der Waals surface area contributed by atoms with Crippen molar-refractivity contribution in [1.29, 1.82) is 0 Å². The maximum Gasteiger partial charge on any atom is 0.0283 e. The molecular formula is C12H12BrN. The van der Waals surface area contributed by atoms with Crippen LogP contribution in [0.4, 0.5) is 0 Å². The highest BCUT2D eigenvalue weighted by Gasteiger charge is 1.81. The molecule has 72 valence electrons. The molecule has 1 aromatic heterocycles. The van der Waals surface area contributed by atoms with Gasteiger partial charge in [0.25, 0.3) is 0 Å². The quantitative estimate of drug-likeness (QED) is 0.704. The van der Waals surface area contributed by atoms with E-state index >= 15 is 0 Å². The molecule has 0 aliphatic rings. The van der Waals surface area contributed by atoms with Gasteiger partial charge in [0.1, 0.15) is 0 Å². The van der Waals surface area contributed by atoms with Crippen LogP contribution >= 0.6 is 15.9 Å². The summed E-state index contributed by atoms with van der Waals surface area (Å²) in [6.45, 7) is 0. The van der Waals surface area contributed by atoms with Crippen LogP contribution in [0.15, 0.2) is 60.9 Å². The van der Waals surface area contributed by atoms with Crippen LogP contribution in [0, 0.1) is 0 Å². The second-order valence-corrected chi connectivity index (χ2v) is 3.20. The maximum absolute atomic E-state index is 3.78. The summed E-state index contributed by atoms with van der Waals surface area (Å²) >= 11 is 3.36. The molecule has 2 heteroatoms. The van der Waals surface area contributed by atoms with E-state index in [-0.39, 0.29) is 0 Å². The lowest BCUT2D eigenvalue weighted by Crippen LogP contribution is -1.70. The lowest BCUT2D eigenvalue weighted by Gasteiger charge is -1.88. The molecule has 0 aliphatic carbocycles. The van der Waals surface area contributed by atoms with E-state index in [1.165, 1.54) is 5.56 Å². The lowest BCUT2D eigenvalue weighted by molar-refractivity contribution is 1.33. The summed E-state index contributed by atoms with van der Waals surface area (Å²) in [5.74, 6) is 0. The van der Waals surface area contributed by atoms with Gasteiger partial charge < -0.3 is 0 Å². The average Bonchev–Trinajstić information content (AvgIpc) is 2.33. The Hall–Kier alpha value is -1.15. The SMILES string of the molecule is BrCc1ccccc1.c1ccncc1. The molecule has 0 unspecified atom stereocenters. The van der Waals surface area contributed by atoms with Crippen LogP contribution in [0.25, 0.3) is 0 Å². The third-order valence-corrected chi connectivity index (χ3v) is 2.21. The monoisotopic (exact) mass is 249 g/mol. The van der Waals surface area contributed by atoms with Gasteiger partial charge in [-0.1, -0.05) is 52.3 Å². The third-order valence-electron chi connectivity index (χ3n) is 1.56. The van der Waals surface area contributed by atoms with Crippen molar-refractivity contribution in [2.45, 2.75) is 5.33 Å². The Morgan fingerprint density at radius 2 is 1.43 bits per heavy atom. The molecule has 14 heavy (non-hydrogen) atoms. The molecule has 1 heterocycles. The minimum Gasteiger partial charge on any atom is -0.265 e. The molecule has 1 aromatic carbocycles. The van der Waals surface area contributed by atoms with E-state index in [1.54, 1.807) is 12.4 Å². The second kappa shape index (κ2) is 7.27. The number of hydrogen-bond acceptors (Lipinski definition) is 1. The van der Waals surface area contributed by atoms with E-state index in [4.69, 9.17) is 0 Å². The highest BCUT2D eigenvalue weighted by molar-refractivity contribution is 9.08. The van der Waals surface area contributed by atoms with E-state index in [2.05, 4.69) is 33.0 Å². The molecule has 1 nitrogen and oxygen atoms in total. The predicted molar refractivity (Wildman–Crippen MR) is 63.3 cm³/mol. The van der Waals surface area contributed by atoms with Gasteiger partial charge in [-0.2, -0.15) is 0 Å². The summed E-state index contributed by atoms with van der Waals surface area (Å²) < 4.78 is 0. The van der Waals surface area contributed by atoms with Crippen LogP contribution in [0.1, 0.15) is 5.56 Å². The summed E-state index contributed by atoms with van der Waals surface area (Å²) in [5.41, 5.74) is 1.33. The smallest absolute Gasteiger partial charge is 0.0283 e. The van der Waals surface area contributed by atoms with Crippen LogP contribution in [0.5, 0.6) is 0 Å². The van der Waals surface area contributed by atoms with Gasteiger partial charge in [-0.3, -0.25) is 4.98 Å². The van der Waals surface area contributed by atoms with Crippen molar-refractivity contribution >= 4 is 15.9 Å². The van der Waals surface area contributed by atoms with Gasteiger partial charge in [0.05, 0.1) is 0 Å². The average molecular weight is 250 g/mol. The van der Waals surface area contributed by atoms with E-state index in [0.717, 1.165) is 5.33 Å². The Morgan fingerprint density at radius 1 is 0.857 bits per heavy atom. The minimum absolute atomic E-state index is 0.952. The zero-order chi connectivity index (χ0) is 10.1. The van der Waals surface area contributed by atoms with Crippen molar-refractivity contribution in [3.05, 3.63) is 66.5 Å². The van der Waals surface area contributed by atoms with Crippen molar-refractivity contribution in [2.24, 2.45) is 0 Å². The van der Waals surface area contributed by atoms with Gasteiger partial charge in [0.2, 0.25) is 0 Å². The molecule has 0 spiro atoms. The fourth-order valence-electron chi connectivity index (χ4n) is 0.880. The number of aromatic nitrogens is 1. The first-order valence-corrected chi connectivity index (χ1v) is 5.50. The molecule has 2 rings (SSSR count). The van der Waals surface area contributed by atoms with Crippen molar-refractivity contribution in [3.63, 3.8) is 0 Å². The Bertz CT molecular complexity index is 294. The van der Waals surface area contributed by atoms with Crippen LogP contribution < -0.4 is 0 Å². The summed E-state index contributed by atoms with van der Waals surface area (Å²) in [7, 11) is 0. The molecule has 0 amide bonds. The number of alkyl halides is 1. The Kier molecular flexibility index (Phi) is 5.68. The highest BCUT2D eigenvalue weighted by Crippen LogP contribution is 2.02. The van der Waals surface area contributed by atoms with E-state index in [9.17, 15) is 0 Å². The first-order valence-electron chi connectivity index (χ1n) is 4.38. The van der Waals surface area contributed by atoms with Gasteiger partial charge in [0.15, 0.2) is 0 Å². The topological polar surface area (TPSA) is 12.9 Å². The number of benzene rings is 1. The molecule has 0 saturated heterocycles. The fourth-order valence-corrected chi connectivity index (χ4v) is 1.25. The molecule has 0 radical (unpaired) electrons. The summed E-state index contributed by atoms with van der Waals surface area (Å²) in [5, 5.41) is 0.952. The van der Waals surface area contributed by atoms with Gasteiger partial charge in [-0.25, -0.2) is 0 Å². The highest BCUT2D eigenvalue weighted by atomic mass is 79.9. The Labute approximate surface area is 92.9 Å². The molecule has 2 aromatic rings. The summed E-state index contributed by atoms with van der Waals surface area (Å²) in [6, 6.07) is 16.0. The number of halogens is 1. The largest absolute Gasteiger partial charge is 0.265 e. The summed E-state index contributed by atoms with van der Waals surface area (Å²) in [6.07, 6.45) is 3.50. The Morgan fingerprint density at radius 3 is 1.71 bits per heavy atom. The van der Waals surface area contributed by atoms with Crippen LogP contribution in [-0.4, -0.2) is 4.98 Å². The van der Waals surface area contributed by atoms with E-state index in [1.807, 2.05) is 36.4 Å². The van der Waals surface area contributed by atoms with Gasteiger partial charge in [-0.15, -0.1) is 0 Å². The molecule has 0 bridgehead atoms. The molecule has 0 aliphatic heterocycles. The van der Waals surface area contributed by atoms with Crippen LogP contribution in [-0.2, 0) is 5.33 Å². The molecule has 0 N–H and O–H groups in total.